The highest BCUT2D eigenvalue weighted by molar-refractivity contribution is 5.77. The molecule has 1 N–H and O–H groups in total. The molecule has 1 aromatic carbocycles. The van der Waals surface area contributed by atoms with E-state index in [2.05, 4.69) is 35.9 Å². The predicted octanol–water partition coefficient (Wildman–Crippen LogP) is 5.31. The molecule has 4 saturated carbocycles. The van der Waals surface area contributed by atoms with Gasteiger partial charge in [-0.25, -0.2) is 0 Å². The Morgan fingerprint density at radius 3 is 2.18 bits per heavy atom. The fourth-order valence-corrected chi connectivity index (χ4v) is 7.54. The lowest BCUT2D eigenvalue weighted by atomic mass is 9.49. The lowest BCUT2D eigenvalue weighted by Gasteiger charge is -2.57. The van der Waals surface area contributed by atoms with E-state index < -0.39 is 0 Å². The van der Waals surface area contributed by atoms with Crippen molar-refractivity contribution in [2.24, 2.45) is 28.6 Å². The third-order valence-electron chi connectivity index (χ3n) is 8.67. The number of benzene rings is 1. The molecule has 0 radical (unpaired) electrons. The number of carbonyl (C=O) groups excluding carboxylic acids is 1. The van der Waals surface area contributed by atoms with Crippen molar-refractivity contribution in [3.63, 3.8) is 0 Å². The monoisotopic (exact) mass is 468 g/mol. The molecule has 6 rings (SSSR count). The van der Waals surface area contributed by atoms with Crippen molar-refractivity contribution < 1.29 is 9.72 Å². The maximum Gasteiger partial charge on any atom is 0.292 e. The summed E-state index contributed by atoms with van der Waals surface area (Å²) in [5.41, 5.74) is 1.96. The molecule has 1 aliphatic heterocycles. The van der Waals surface area contributed by atoms with Crippen LogP contribution in [-0.2, 0) is 4.79 Å². The number of nitrogens with one attached hydrogen (secondary N) is 1. The number of nitro groups is 1. The van der Waals surface area contributed by atoms with Crippen molar-refractivity contribution in [2.75, 3.05) is 42.9 Å². The molecular formula is C27H40N4O3. The van der Waals surface area contributed by atoms with E-state index in [0.717, 1.165) is 56.0 Å². The van der Waals surface area contributed by atoms with E-state index in [1.165, 1.54) is 38.5 Å². The maximum atomic E-state index is 13.3. The molecule has 1 heterocycles. The van der Waals surface area contributed by atoms with Crippen LogP contribution in [0.3, 0.4) is 0 Å². The quantitative estimate of drug-likeness (QED) is 0.452. The van der Waals surface area contributed by atoms with Crippen LogP contribution < -0.4 is 10.2 Å². The van der Waals surface area contributed by atoms with Crippen LogP contribution in [0.15, 0.2) is 18.2 Å². The van der Waals surface area contributed by atoms with Crippen LogP contribution in [-0.4, -0.2) is 48.5 Å². The number of nitrogens with zero attached hydrogens (tertiary/aromatic N) is 3. The smallest absolute Gasteiger partial charge is 0.292 e. The fraction of sp³-hybridized carbons (Fsp3) is 0.741. The van der Waals surface area contributed by atoms with Gasteiger partial charge in [0.25, 0.3) is 5.69 Å². The van der Waals surface area contributed by atoms with Crippen LogP contribution in [0.2, 0.25) is 0 Å². The Labute approximate surface area is 203 Å². The van der Waals surface area contributed by atoms with Gasteiger partial charge < -0.3 is 15.1 Å². The zero-order valence-corrected chi connectivity index (χ0v) is 21.0. The minimum atomic E-state index is -0.324. The van der Waals surface area contributed by atoms with E-state index in [9.17, 15) is 14.9 Å². The third-order valence-corrected chi connectivity index (χ3v) is 8.67. The van der Waals surface area contributed by atoms with Gasteiger partial charge in [0, 0.05) is 50.9 Å². The first kappa shape index (κ1) is 23.4. The maximum absolute atomic E-state index is 13.3. The van der Waals surface area contributed by atoms with Crippen molar-refractivity contribution in [1.29, 1.82) is 0 Å². The molecule has 186 valence electrons. The molecule has 7 nitrogen and oxygen atoms in total. The Kier molecular flexibility index (Phi) is 6.01. The third kappa shape index (κ3) is 4.89. The van der Waals surface area contributed by atoms with Crippen molar-refractivity contribution in [1.82, 2.24) is 4.90 Å². The van der Waals surface area contributed by atoms with E-state index in [1.54, 1.807) is 6.07 Å². The summed E-state index contributed by atoms with van der Waals surface area (Å²) in [5, 5.41) is 14.8. The molecule has 4 aliphatic carbocycles. The van der Waals surface area contributed by atoms with E-state index in [-0.39, 0.29) is 21.4 Å². The van der Waals surface area contributed by atoms with Crippen molar-refractivity contribution >= 4 is 23.0 Å². The second kappa shape index (κ2) is 8.72. The summed E-state index contributed by atoms with van der Waals surface area (Å²) >= 11 is 0. The highest BCUT2D eigenvalue weighted by Crippen LogP contribution is 2.61. The molecule has 5 fully saturated rings. The van der Waals surface area contributed by atoms with Crippen LogP contribution in [0.25, 0.3) is 0 Å². The molecule has 0 unspecified atom stereocenters. The summed E-state index contributed by atoms with van der Waals surface area (Å²) in [6.07, 6.45) is 8.80. The molecule has 1 amide bonds. The standard InChI is InChI=1S/C27H40N4O3/c1-26(2,3)18-28-23-13-22(4-5-24(23)31(33)34)29-6-8-30(9-7-29)25(32)17-27-14-19-10-20(15-27)12-21(11-19)16-27/h4-5,13,19-21,28H,6-12,14-18H2,1-3H3. The first-order chi connectivity index (χ1) is 16.1. The van der Waals surface area contributed by atoms with E-state index in [0.29, 0.717) is 18.1 Å². The average molecular weight is 469 g/mol. The lowest BCUT2D eigenvalue weighted by molar-refractivity contribution is -0.384. The van der Waals surface area contributed by atoms with Crippen LogP contribution in [0.4, 0.5) is 17.1 Å². The van der Waals surface area contributed by atoms with Gasteiger partial charge in [0.2, 0.25) is 5.91 Å². The van der Waals surface area contributed by atoms with Gasteiger partial charge >= 0.3 is 0 Å². The summed E-state index contributed by atoms with van der Waals surface area (Å²) in [5.74, 6) is 2.97. The number of rotatable bonds is 6. The van der Waals surface area contributed by atoms with Gasteiger partial charge in [-0.3, -0.25) is 14.9 Å². The zero-order valence-electron chi connectivity index (χ0n) is 21.0. The molecule has 7 heteroatoms. The van der Waals surface area contributed by atoms with Crippen LogP contribution in [0.5, 0.6) is 0 Å². The van der Waals surface area contributed by atoms with Gasteiger partial charge in [0.15, 0.2) is 0 Å². The first-order valence-corrected chi connectivity index (χ1v) is 13.1. The Morgan fingerprint density at radius 2 is 1.65 bits per heavy atom. The van der Waals surface area contributed by atoms with Crippen molar-refractivity contribution in [3.05, 3.63) is 28.3 Å². The van der Waals surface area contributed by atoms with Gasteiger partial charge in [-0.15, -0.1) is 0 Å². The predicted molar refractivity (Wildman–Crippen MR) is 135 cm³/mol. The number of carbonyl (C=O) groups is 1. The normalized spacial score (nSPS) is 30.5. The number of anilines is 2. The Balaban J connectivity index is 1.20. The van der Waals surface area contributed by atoms with Gasteiger partial charge in [-0.05, 0) is 79.2 Å². The molecule has 1 saturated heterocycles. The van der Waals surface area contributed by atoms with Crippen LogP contribution >= 0.6 is 0 Å². The highest BCUT2D eigenvalue weighted by atomic mass is 16.6. The topological polar surface area (TPSA) is 78.7 Å². The van der Waals surface area contributed by atoms with Gasteiger partial charge in [-0.1, -0.05) is 20.8 Å². The molecule has 0 spiro atoms. The number of hydrogen-bond acceptors (Lipinski definition) is 5. The molecule has 4 bridgehead atoms. The van der Waals surface area contributed by atoms with E-state index in [1.807, 2.05) is 12.1 Å². The van der Waals surface area contributed by atoms with Crippen LogP contribution in [0, 0.1) is 38.7 Å². The zero-order chi connectivity index (χ0) is 24.1. The van der Waals surface area contributed by atoms with E-state index in [4.69, 9.17) is 0 Å². The Bertz CT molecular complexity index is 910. The minimum absolute atomic E-state index is 0.0204. The second-order valence-corrected chi connectivity index (χ2v) is 12.8. The van der Waals surface area contributed by atoms with Gasteiger partial charge in [-0.2, -0.15) is 0 Å². The summed E-state index contributed by atoms with van der Waals surface area (Å²) in [4.78, 5) is 28.8. The number of hydrogen-bond donors (Lipinski definition) is 1. The lowest BCUT2D eigenvalue weighted by Crippen LogP contribution is -2.52. The van der Waals surface area contributed by atoms with E-state index >= 15 is 0 Å². The highest BCUT2D eigenvalue weighted by Gasteiger charge is 2.51. The molecule has 5 aliphatic rings. The largest absolute Gasteiger partial charge is 0.379 e. The number of piperazine rings is 1. The Morgan fingerprint density at radius 1 is 1.06 bits per heavy atom. The molecule has 1 aromatic rings. The fourth-order valence-electron chi connectivity index (χ4n) is 7.54. The van der Waals surface area contributed by atoms with Crippen molar-refractivity contribution in [3.8, 4) is 0 Å². The minimum Gasteiger partial charge on any atom is -0.379 e. The number of nitro benzene ring substituents is 1. The summed E-state index contributed by atoms with van der Waals surface area (Å²) in [6, 6.07) is 5.34. The summed E-state index contributed by atoms with van der Waals surface area (Å²) < 4.78 is 0. The summed E-state index contributed by atoms with van der Waals surface area (Å²) in [7, 11) is 0. The van der Waals surface area contributed by atoms with Gasteiger partial charge in [0.05, 0.1) is 4.92 Å². The van der Waals surface area contributed by atoms with Crippen LogP contribution in [0.1, 0.15) is 65.7 Å². The van der Waals surface area contributed by atoms with Gasteiger partial charge in [0.1, 0.15) is 5.69 Å². The number of amides is 1. The molecular weight excluding hydrogens is 428 g/mol. The van der Waals surface area contributed by atoms with Crippen molar-refractivity contribution in [2.45, 2.75) is 65.7 Å². The molecule has 0 atom stereocenters. The molecule has 0 aromatic heterocycles. The second-order valence-electron chi connectivity index (χ2n) is 12.8. The Hall–Kier alpha value is -2.31. The SMILES string of the molecule is CC(C)(C)CNc1cc(N2CCN(C(=O)CC34CC5CC(CC(C5)C3)C4)CC2)ccc1[N+](=O)[O-]. The first-order valence-electron chi connectivity index (χ1n) is 13.1. The molecule has 34 heavy (non-hydrogen) atoms. The average Bonchev–Trinajstić information content (AvgIpc) is 2.76. The summed E-state index contributed by atoms with van der Waals surface area (Å²) in [6.45, 7) is 9.97.